The van der Waals surface area contributed by atoms with Crippen molar-refractivity contribution in [1.82, 2.24) is 4.90 Å². The first-order chi connectivity index (χ1) is 8.66. The molecule has 0 saturated carbocycles. The average Bonchev–Trinajstić information content (AvgIpc) is 2.82. The van der Waals surface area contributed by atoms with E-state index in [9.17, 15) is 5.11 Å². The summed E-state index contributed by atoms with van der Waals surface area (Å²) in [4.78, 5) is 2.15. The molecule has 1 saturated heterocycles. The number of aliphatic hydroxyl groups excluding tert-OH is 1. The van der Waals surface area contributed by atoms with Crippen molar-refractivity contribution in [3.63, 3.8) is 0 Å². The van der Waals surface area contributed by atoms with Gasteiger partial charge in [0, 0.05) is 30.3 Å². The highest BCUT2D eigenvalue weighted by Crippen LogP contribution is 2.23. The minimum Gasteiger partial charge on any atom is -0.387 e. The zero-order chi connectivity index (χ0) is 13.0. The number of halogens is 1. The molecular weight excluding hydrogens is 250 g/mol. The van der Waals surface area contributed by atoms with Gasteiger partial charge in [0.05, 0.1) is 12.7 Å². The Morgan fingerprint density at radius 2 is 2.28 bits per heavy atom. The summed E-state index contributed by atoms with van der Waals surface area (Å²) in [5.41, 5.74) is 0.800. The zero-order valence-electron chi connectivity index (χ0n) is 10.7. The molecule has 0 radical (unpaired) electrons. The summed E-state index contributed by atoms with van der Waals surface area (Å²) >= 11 is 6.07. The summed E-state index contributed by atoms with van der Waals surface area (Å²) in [6, 6.07) is 7.46. The van der Waals surface area contributed by atoms with E-state index in [1.165, 1.54) is 0 Å². The molecule has 4 heteroatoms. The van der Waals surface area contributed by atoms with Crippen LogP contribution in [0.4, 0.5) is 0 Å². The SMILES string of the molecule is CN(CC1CCOC1)CC(O)c1ccccc1Cl. The van der Waals surface area contributed by atoms with Gasteiger partial charge in [-0.05, 0) is 25.5 Å². The van der Waals surface area contributed by atoms with Crippen LogP contribution in [0, 0.1) is 5.92 Å². The predicted molar refractivity (Wildman–Crippen MR) is 72.8 cm³/mol. The van der Waals surface area contributed by atoms with Crippen molar-refractivity contribution in [2.24, 2.45) is 5.92 Å². The first-order valence-electron chi connectivity index (χ1n) is 6.35. The van der Waals surface area contributed by atoms with Crippen LogP contribution in [-0.2, 0) is 4.74 Å². The molecule has 0 aliphatic carbocycles. The van der Waals surface area contributed by atoms with Crippen LogP contribution in [-0.4, -0.2) is 43.4 Å². The van der Waals surface area contributed by atoms with E-state index in [-0.39, 0.29) is 0 Å². The van der Waals surface area contributed by atoms with Crippen LogP contribution >= 0.6 is 11.6 Å². The number of ether oxygens (including phenoxy) is 1. The third-order valence-corrected chi connectivity index (χ3v) is 3.69. The molecule has 1 aromatic carbocycles. The van der Waals surface area contributed by atoms with Crippen molar-refractivity contribution >= 4 is 11.6 Å². The molecule has 2 atom stereocenters. The minimum absolute atomic E-state index is 0.536. The lowest BCUT2D eigenvalue weighted by atomic mass is 10.1. The van der Waals surface area contributed by atoms with E-state index in [0.29, 0.717) is 17.5 Å². The highest BCUT2D eigenvalue weighted by molar-refractivity contribution is 6.31. The molecule has 3 nitrogen and oxygen atoms in total. The van der Waals surface area contributed by atoms with Crippen LogP contribution in [0.2, 0.25) is 5.02 Å². The predicted octanol–water partition coefficient (Wildman–Crippen LogP) is 2.34. The van der Waals surface area contributed by atoms with E-state index < -0.39 is 6.10 Å². The third kappa shape index (κ3) is 3.69. The van der Waals surface area contributed by atoms with Gasteiger partial charge in [-0.25, -0.2) is 0 Å². The number of likely N-dealkylation sites (N-methyl/N-ethyl adjacent to an activating group) is 1. The van der Waals surface area contributed by atoms with Gasteiger partial charge in [0.1, 0.15) is 0 Å². The van der Waals surface area contributed by atoms with Crippen molar-refractivity contribution in [3.8, 4) is 0 Å². The van der Waals surface area contributed by atoms with E-state index in [2.05, 4.69) is 4.90 Å². The fraction of sp³-hybridized carbons (Fsp3) is 0.571. The molecule has 2 rings (SSSR count). The monoisotopic (exact) mass is 269 g/mol. The quantitative estimate of drug-likeness (QED) is 0.891. The Bertz CT molecular complexity index is 380. The zero-order valence-corrected chi connectivity index (χ0v) is 11.4. The molecule has 1 aliphatic heterocycles. The van der Waals surface area contributed by atoms with Gasteiger partial charge in [-0.3, -0.25) is 0 Å². The van der Waals surface area contributed by atoms with Crippen molar-refractivity contribution in [3.05, 3.63) is 34.9 Å². The van der Waals surface area contributed by atoms with Crippen LogP contribution in [0.1, 0.15) is 18.1 Å². The normalized spacial score (nSPS) is 21.4. The van der Waals surface area contributed by atoms with Gasteiger partial charge in [0.2, 0.25) is 0 Å². The summed E-state index contributed by atoms with van der Waals surface area (Å²) in [6.45, 7) is 3.26. The van der Waals surface area contributed by atoms with Gasteiger partial charge < -0.3 is 14.7 Å². The Balaban J connectivity index is 1.86. The van der Waals surface area contributed by atoms with E-state index in [1.807, 2.05) is 31.3 Å². The second-order valence-corrected chi connectivity index (χ2v) is 5.40. The van der Waals surface area contributed by atoms with Crippen LogP contribution in [0.5, 0.6) is 0 Å². The summed E-state index contributed by atoms with van der Waals surface area (Å²) in [6.07, 6.45) is 0.581. The fourth-order valence-corrected chi connectivity index (χ4v) is 2.64. The highest BCUT2D eigenvalue weighted by atomic mass is 35.5. The van der Waals surface area contributed by atoms with Gasteiger partial charge in [-0.1, -0.05) is 29.8 Å². The molecule has 2 unspecified atom stereocenters. The number of hydrogen-bond acceptors (Lipinski definition) is 3. The van der Waals surface area contributed by atoms with Crippen molar-refractivity contribution < 1.29 is 9.84 Å². The van der Waals surface area contributed by atoms with Crippen LogP contribution in [0.15, 0.2) is 24.3 Å². The number of benzene rings is 1. The van der Waals surface area contributed by atoms with Gasteiger partial charge in [-0.15, -0.1) is 0 Å². The molecule has 1 aliphatic rings. The summed E-state index contributed by atoms with van der Waals surface area (Å²) in [5, 5.41) is 10.8. The fourth-order valence-electron chi connectivity index (χ4n) is 2.38. The maximum atomic E-state index is 10.2. The molecule has 1 N–H and O–H groups in total. The van der Waals surface area contributed by atoms with E-state index in [0.717, 1.165) is 31.7 Å². The van der Waals surface area contributed by atoms with Crippen molar-refractivity contribution in [2.45, 2.75) is 12.5 Å². The lowest BCUT2D eigenvalue weighted by Crippen LogP contribution is -2.30. The maximum Gasteiger partial charge on any atom is 0.0931 e. The molecule has 0 aromatic heterocycles. The van der Waals surface area contributed by atoms with Crippen LogP contribution < -0.4 is 0 Å². The number of aliphatic hydroxyl groups is 1. The van der Waals surface area contributed by atoms with Gasteiger partial charge in [0.15, 0.2) is 0 Å². The summed E-state index contributed by atoms with van der Waals surface area (Å²) in [5.74, 6) is 0.591. The first-order valence-corrected chi connectivity index (χ1v) is 6.73. The molecular formula is C14H20ClNO2. The van der Waals surface area contributed by atoms with E-state index in [1.54, 1.807) is 0 Å². The number of rotatable bonds is 5. The van der Waals surface area contributed by atoms with Gasteiger partial charge >= 0.3 is 0 Å². The summed E-state index contributed by atoms with van der Waals surface area (Å²) < 4.78 is 5.36. The van der Waals surface area contributed by atoms with Crippen LogP contribution in [0.3, 0.4) is 0 Å². The lowest BCUT2D eigenvalue weighted by molar-refractivity contribution is 0.113. The van der Waals surface area contributed by atoms with E-state index in [4.69, 9.17) is 16.3 Å². The topological polar surface area (TPSA) is 32.7 Å². The van der Waals surface area contributed by atoms with Crippen LogP contribution in [0.25, 0.3) is 0 Å². The van der Waals surface area contributed by atoms with Gasteiger partial charge in [-0.2, -0.15) is 0 Å². The maximum absolute atomic E-state index is 10.2. The molecule has 0 bridgehead atoms. The second kappa shape index (κ2) is 6.53. The third-order valence-electron chi connectivity index (χ3n) is 3.34. The Kier molecular flexibility index (Phi) is 5.01. The van der Waals surface area contributed by atoms with Crippen molar-refractivity contribution in [2.75, 3.05) is 33.4 Å². The average molecular weight is 270 g/mol. The Labute approximate surface area is 113 Å². The van der Waals surface area contributed by atoms with Gasteiger partial charge in [0.25, 0.3) is 0 Å². The Morgan fingerprint density at radius 3 is 2.94 bits per heavy atom. The highest BCUT2D eigenvalue weighted by Gasteiger charge is 2.19. The Morgan fingerprint density at radius 1 is 1.50 bits per heavy atom. The standard InChI is InChI=1S/C14H20ClNO2/c1-16(8-11-6-7-18-10-11)9-14(17)12-4-2-3-5-13(12)15/h2-5,11,14,17H,6-10H2,1H3. The smallest absolute Gasteiger partial charge is 0.0931 e. The molecule has 0 amide bonds. The number of nitrogens with zero attached hydrogens (tertiary/aromatic N) is 1. The second-order valence-electron chi connectivity index (χ2n) is 4.99. The molecule has 1 aromatic rings. The minimum atomic E-state index is -0.536. The lowest BCUT2D eigenvalue weighted by Gasteiger charge is -2.23. The van der Waals surface area contributed by atoms with Crippen molar-refractivity contribution in [1.29, 1.82) is 0 Å². The molecule has 100 valence electrons. The molecule has 1 fully saturated rings. The molecule has 0 spiro atoms. The first kappa shape index (κ1) is 13.8. The summed E-state index contributed by atoms with van der Waals surface area (Å²) in [7, 11) is 2.03. The molecule has 1 heterocycles. The molecule has 18 heavy (non-hydrogen) atoms. The van der Waals surface area contributed by atoms with E-state index >= 15 is 0 Å². The Hall–Kier alpha value is -0.610. The number of hydrogen-bond donors (Lipinski definition) is 1. The largest absolute Gasteiger partial charge is 0.387 e.